The van der Waals surface area contributed by atoms with Crippen molar-refractivity contribution in [3.63, 3.8) is 0 Å². The first-order valence-electron chi connectivity index (χ1n) is 6.87. The van der Waals surface area contributed by atoms with Gasteiger partial charge >= 0.3 is 5.97 Å². The van der Waals surface area contributed by atoms with E-state index < -0.39 is 5.97 Å². The van der Waals surface area contributed by atoms with Crippen LogP contribution < -0.4 is 9.47 Å². The molecule has 118 valence electrons. The van der Waals surface area contributed by atoms with Gasteiger partial charge in [-0.1, -0.05) is 18.2 Å². The van der Waals surface area contributed by atoms with E-state index in [0.717, 1.165) is 5.56 Å². The number of esters is 1. The van der Waals surface area contributed by atoms with E-state index >= 15 is 0 Å². The van der Waals surface area contributed by atoms with Crippen molar-refractivity contribution in [2.24, 2.45) is 0 Å². The second-order valence-corrected chi connectivity index (χ2v) is 4.74. The summed E-state index contributed by atoms with van der Waals surface area (Å²) in [6, 6.07) is 11.2. The van der Waals surface area contributed by atoms with Gasteiger partial charge in [-0.15, -0.1) is 0 Å². The largest absolute Gasteiger partial charge is 0.507 e. The van der Waals surface area contributed by atoms with E-state index in [-0.39, 0.29) is 17.1 Å². The van der Waals surface area contributed by atoms with Crippen molar-refractivity contribution in [2.45, 2.75) is 6.92 Å². The molecule has 5 heteroatoms. The van der Waals surface area contributed by atoms with Crippen LogP contribution in [-0.2, 0) is 4.79 Å². The van der Waals surface area contributed by atoms with E-state index in [0.29, 0.717) is 11.5 Å². The molecule has 0 amide bonds. The molecule has 0 saturated carbocycles. The number of methoxy groups -OCH3 is 1. The zero-order valence-corrected chi connectivity index (χ0v) is 12.8. The Hall–Kier alpha value is -3.08. The zero-order chi connectivity index (χ0) is 16.8. The van der Waals surface area contributed by atoms with Crippen LogP contribution in [0.3, 0.4) is 0 Å². The minimum absolute atomic E-state index is 0.135. The smallest absolute Gasteiger partial charge is 0.308 e. The fraction of sp³-hybridized carbons (Fsp3) is 0.111. The maximum Gasteiger partial charge on any atom is 0.308 e. The fourth-order valence-electron chi connectivity index (χ4n) is 1.92. The lowest BCUT2D eigenvalue weighted by Gasteiger charge is -2.04. The van der Waals surface area contributed by atoms with Gasteiger partial charge in [0, 0.05) is 13.0 Å². The highest BCUT2D eigenvalue weighted by molar-refractivity contribution is 6.08. The quantitative estimate of drug-likeness (QED) is 0.397. The Bertz CT molecular complexity index is 745. The van der Waals surface area contributed by atoms with Crippen LogP contribution >= 0.6 is 0 Å². The lowest BCUT2D eigenvalue weighted by Crippen LogP contribution is -2.00. The Kier molecular flexibility index (Phi) is 5.15. The van der Waals surface area contributed by atoms with E-state index in [2.05, 4.69) is 0 Å². The third-order valence-corrected chi connectivity index (χ3v) is 3.04. The third kappa shape index (κ3) is 4.44. The molecule has 0 radical (unpaired) electrons. The predicted octanol–water partition coefficient (Wildman–Crippen LogP) is 3.22. The minimum Gasteiger partial charge on any atom is -0.507 e. The van der Waals surface area contributed by atoms with Crippen molar-refractivity contribution in [1.29, 1.82) is 0 Å². The van der Waals surface area contributed by atoms with Gasteiger partial charge in [0.2, 0.25) is 0 Å². The number of allylic oxidation sites excluding steroid dienone is 1. The van der Waals surface area contributed by atoms with Crippen molar-refractivity contribution in [3.05, 3.63) is 59.7 Å². The summed E-state index contributed by atoms with van der Waals surface area (Å²) in [5.74, 6) is 0.0646. The van der Waals surface area contributed by atoms with Gasteiger partial charge in [-0.05, 0) is 35.9 Å². The van der Waals surface area contributed by atoms with Crippen LogP contribution in [0.1, 0.15) is 22.8 Å². The number of phenols is 1. The van der Waals surface area contributed by atoms with Crippen molar-refractivity contribution < 1.29 is 24.2 Å². The summed E-state index contributed by atoms with van der Waals surface area (Å²) in [6.07, 6.45) is 2.98. The second kappa shape index (κ2) is 7.26. The molecule has 1 N–H and O–H groups in total. The monoisotopic (exact) mass is 312 g/mol. The molecular weight excluding hydrogens is 296 g/mol. The molecule has 2 aromatic carbocycles. The average molecular weight is 312 g/mol. The van der Waals surface area contributed by atoms with Crippen LogP contribution in [-0.4, -0.2) is 24.0 Å². The van der Waals surface area contributed by atoms with Gasteiger partial charge in [-0.3, -0.25) is 9.59 Å². The molecule has 0 fully saturated rings. The number of carbonyl (C=O) groups is 2. The lowest BCUT2D eigenvalue weighted by molar-refractivity contribution is -0.131. The number of hydrogen-bond donors (Lipinski definition) is 1. The number of hydrogen-bond acceptors (Lipinski definition) is 5. The molecule has 0 saturated heterocycles. The van der Waals surface area contributed by atoms with Crippen molar-refractivity contribution >= 4 is 17.8 Å². The van der Waals surface area contributed by atoms with Gasteiger partial charge in [-0.25, -0.2) is 0 Å². The molecule has 0 aliphatic carbocycles. The first-order valence-corrected chi connectivity index (χ1v) is 6.87. The van der Waals surface area contributed by atoms with Crippen LogP contribution in [0.25, 0.3) is 6.08 Å². The molecule has 2 aromatic rings. The molecule has 23 heavy (non-hydrogen) atoms. The SMILES string of the molecule is COc1ccc(C(=O)/C=C/c2ccc(OC(C)=O)cc2)c(O)c1. The van der Waals surface area contributed by atoms with Crippen molar-refractivity contribution in [1.82, 2.24) is 0 Å². The maximum absolute atomic E-state index is 12.1. The second-order valence-electron chi connectivity index (χ2n) is 4.74. The van der Waals surface area contributed by atoms with Gasteiger partial charge in [0.15, 0.2) is 5.78 Å². The van der Waals surface area contributed by atoms with Crippen LogP contribution in [0.2, 0.25) is 0 Å². The van der Waals surface area contributed by atoms with E-state index in [1.807, 2.05) is 0 Å². The molecular formula is C18H16O5. The summed E-state index contributed by atoms with van der Waals surface area (Å²) in [5, 5.41) is 9.83. The number of phenolic OH excluding ortho intramolecular Hbond substituents is 1. The van der Waals surface area contributed by atoms with Crippen LogP contribution in [0.15, 0.2) is 48.5 Å². The Morgan fingerprint density at radius 1 is 1.04 bits per heavy atom. The lowest BCUT2D eigenvalue weighted by atomic mass is 10.1. The van der Waals surface area contributed by atoms with Gasteiger partial charge in [0.05, 0.1) is 12.7 Å². The summed E-state index contributed by atoms with van der Waals surface area (Å²) in [7, 11) is 1.48. The molecule has 0 spiro atoms. The zero-order valence-electron chi connectivity index (χ0n) is 12.8. The summed E-state index contributed by atoms with van der Waals surface area (Å²) < 4.78 is 9.90. The standard InChI is InChI=1S/C18H16O5/c1-12(19)23-14-6-3-13(4-7-14)5-10-17(20)16-9-8-15(22-2)11-18(16)21/h3-11,21H,1-2H3/b10-5+. The van der Waals surface area contributed by atoms with Crippen LogP contribution in [0.4, 0.5) is 0 Å². The minimum atomic E-state index is -0.390. The summed E-state index contributed by atoms with van der Waals surface area (Å²) in [4.78, 5) is 22.9. The van der Waals surface area contributed by atoms with Crippen molar-refractivity contribution in [2.75, 3.05) is 7.11 Å². The number of benzene rings is 2. The molecule has 0 aliphatic heterocycles. The Balaban J connectivity index is 2.10. The van der Waals surface area contributed by atoms with Gasteiger partial charge in [0.25, 0.3) is 0 Å². The van der Waals surface area contributed by atoms with E-state index in [1.165, 1.54) is 32.2 Å². The Morgan fingerprint density at radius 3 is 2.26 bits per heavy atom. The van der Waals surface area contributed by atoms with E-state index in [9.17, 15) is 14.7 Å². The summed E-state index contributed by atoms with van der Waals surface area (Å²) in [6.45, 7) is 1.33. The first-order chi connectivity index (χ1) is 11.0. The highest BCUT2D eigenvalue weighted by atomic mass is 16.5. The maximum atomic E-state index is 12.1. The highest BCUT2D eigenvalue weighted by Gasteiger charge is 2.09. The number of aromatic hydroxyl groups is 1. The molecule has 5 nitrogen and oxygen atoms in total. The molecule has 0 heterocycles. The van der Waals surface area contributed by atoms with Crippen LogP contribution in [0, 0.1) is 0 Å². The van der Waals surface area contributed by atoms with E-state index in [4.69, 9.17) is 9.47 Å². The predicted molar refractivity (Wildman–Crippen MR) is 85.8 cm³/mol. The van der Waals surface area contributed by atoms with Crippen LogP contribution in [0.5, 0.6) is 17.2 Å². The van der Waals surface area contributed by atoms with E-state index in [1.54, 1.807) is 36.4 Å². The van der Waals surface area contributed by atoms with Gasteiger partial charge < -0.3 is 14.6 Å². The van der Waals surface area contributed by atoms with Gasteiger partial charge in [-0.2, -0.15) is 0 Å². The average Bonchev–Trinajstić information content (AvgIpc) is 2.53. The molecule has 2 rings (SSSR count). The molecule has 0 aliphatic rings. The Labute approximate surface area is 133 Å². The molecule has 0 bridgehead atoms. The van der Waals surface area contributed by atoms with Gasteiger partial charge in [0.1, 0.15) is 17.2 Å². The number of ether oxygens (including phenoxy) is 2. The number of rotatable bonds is 5. The number of ketones is 1. The number of carbonyl (C=O) groups excluding carboxylic acids is 2. The molecule has 0 aromatic heterocycles. The molecule has 0 unspecified atom stereocenters. The highest BCUT2D eigenvalue weighted by Crippen LogP contribution is 2.24. The normalized spacial score (nSPS) is 10.5. The first kappa shape index (κ1) is 16.3. The topological polar surface area (TPSA) is 72.8 Å². The van der Waals surface area contributed by atoms with Crippen molar-refractivity contribution in [3.8, 4) is 17.2 Å². The summed E-state index contributed by atoms with van der Waals surface area (Å²) in [5.41, 5.74) is 0.959. The Morgan fingerprint density at radius 2 is 1.70 bits per heavy atom. The summed E-state index contributed by atoms with van der Waals surface area (Å²) >= 11 is 0. The third-order valence-electron chi connectivity index (χ3n) is 3.04. The molecule has 0 atom stereocenters. The fourth-order valence-corrected chi connectivity index (χ4v) is 1.92.